The van der Waals surface area contributed by atoms with E-state index >= 15 is 0 Å². The van der Waals surface area contributed by atoms with Gasteiger partial charge in [0.15, 0.2) is 0 Å². The summed E-state index contributed by atoms with van der Waals surface area (Å²) in [5, 5.41) is 24.1. The minimum Gasteiger partial charge on any atom is -0.444 e. The second-order valence-corrected chi connectivity index (χ2v) is 10.7. The van der Waals surface area contributed by atoms with Gasteiger partial charge in [-0.15, -0.1) is 0 Å². The van der Waals surface area contributed by atoms with Gasteiger partial charge in [0.25, 0.3) is 5.91 Å². The number of nitrogens with zero attached hydrogens (tertiary/aromatic N) is 3. The second-order valence-electron chi connectivity index (χ2n) is 10.7. The van der Waals surface area contributed by atoms with Gasteiger partial charge < -0.3 is 24.8 Å². The lowest BCUT2D eigenvalue weighted by Crippen LogP contribution is -2.45. The van der Waals surface area contributed by atoms with Crippen molar-refractivity contribution in [3.05, 3.63) is 77.4 Å². The largest absolute Gasteiger partial charge is 0.444 e. The lowest BCUT2D eigenvalue weighted by molar-refractivity contribution is 0.0488. The Morgan fingerprint density at radius 3 is 1.63 bits per heavy atom. The number of rotatable bonds is 7. The molecule has 0 atom stereocenters. The van der Waals surface area contributed by atoms with Crippen molar-refractivity contribution in [2.24, 2.45) is 0 Å². The summed E-state index contributed by atoms with van der Waals surface area (Å²) in [6, 6.07) is 20.1. The van der Waals surface area contributed by atoms with Crippen LogP contribution >= 0.6 is 0 Å². The van der Waals surface area contributed by atoms with Crippen LogP contribution in [0.1, 0.15) is 67.9 Å². The van der Waals surface area contributed by atoms with E-state index in [4.69, 9.17) is 24.7 Å². The van der Waals surface area contributed by atoms with Crippen LogP contribution in [0.25, 0.3) is 0 Å². The molecule has 2 amide bonds. The highest BCUT2D eigenvalue weighted by molar-refractivity contribution is 5.95. The molecule has 0 bridgehead atoms. The van der Waals surface area contributed by atoms with Gasteiger partial charge in [-0.05, 0) is 95.0 Å². The fraction of sp³-hybridized carbons (Fsp3) is 0.323. The Morgan fingerprint density at radius 1 is 0.780 bits per heavy atom. The van der Waals surface area contributed by atoms with Crippen LogP contribution in [0.5, 0.6) is 23.3 Å². The summed E-state index contributed by atoms with van der Waals surface area (Å²) in [6.45, 7) is 5.46. The Balaban J connectivity index is 1.45. The molecule has 1 heterocycles. The topological polar surface area (TPSA) is 146 Å². The minimum atomic E-state index is -0.564. The monoisotopic (exact) mass is 553 g/mol. The Labute approximate surface area is 238 Å². The van der Waals surface area contributed by atoms with Gasteiger partial charge in [0, 0.05) is 24.2 Å². The fourth-order valence-electron chi connectivity index (χ4n) is 4.28. The molecular weight excluding hydrogens is 522 g/mol. The van der Waals surface area contributed by atoms with Gasteiger partial charge in [-0.2, -0.15) is 15.5 Å². The number of amides is 2. The normalized spacial score (nSPS) is 16.4. The SMILES string of the molecule is CC(C)(C)OC(=O)NC1CCC(NC(=O)c2cc(Oc3ccc(C#N)cc3)nc(Oc3ccc(C#N)cc3)c2)CC1. The lowest BCUT2D eigenvalue weighted by atomic mass is 9.91. The third-order valence-electron chi connectivity index (χ3n) is 6.24. The molecule has 3 aromatic rings. The van der Waals surface area contributed by atoms with Crippen molar-refractivity contribution in [2.45, 2.75) is 64.1 Å². The molecule has 4 rings (SSSR count). The van der Waals surface area contributed by atoms with E-state index in [1.165, 1.54) is 12.1 Å². The number of pyridine rings is 1. The van der Waals surface area contributed by atoms with Crippen LogP contribution in [0.15, 0.2) is 60.7 Å². The summed E-state index contributed by atoms with van der Waals surface area (Å²) in [5.41, 5.74) is 0.699. The van der Waals surface area contributed by atoms with E-state index in [1.54, 1.807) is 48.5 Å². The van der Waals surface area contributed by atoms with Crippen molar-refractivity contribution >= 4 is 12.0 Å². The van der Waals surface area contributed by atoms with Crippen molar-refractivity contribution in [2.75, 3.05) is 0 Å². The van der Waals surface area contributed by atoms with E-state index in [2.05, 4.69) is 27.8 Å². The maximum Gasteiger partial charge on any atom is 0.407 e. The molecule has 0 unspecified atom stereocenters. The van der Waals surface area contributed by atoms with E-state index < -0.39 is 11.7 Å². The van der Waals surface area contributed by atoms with Crippen molar-refractivity contribution in [3.63, 3.8) is 0 Å². The highest BCUT2D eigenvalue weighted by Gasteiger charge is 2.26. The molecule has 0 radical (unpaired) electrons. The van der Waals surface area contributed by atoms with Gasteiger partial charge in [-0.25, -0.2) is 4.79 Å². The van der Waals surface area contributed by atoms with E-state index in [1.807, 2.05) is 20.8 Å². The highest BCUT2D eigenvalue weighted by atomic mass is 16.6. The van der Waals surface area contributed by atoms with Gasteiger partial charge in [-0.1, -0.05) is 0 Å². The maximum absolute atomic E-state index is 13.3. The first kappa shape index (κ1) is 28.9. The summed E-state index contributed by atoms with van der Waals surface area (Å²) in [5.74, 6) is 0.834. The predicted octanol–water partition coefficient (Wildman–Crippen LogP) is 5.98. The molecule has 1 fully saturated rings. The summed E-state index contributed by atoms with van der Waals surface area (Å²) >= 11 is 0. The van der Waals surface area contributed by atoms with E-state index in [-0.39, 0.29) is 29.8 Å². The molecule has 0 spiro atoms. The first-order valence-electron chi connectivity index (χ1n) is 13.3. The Bertz CT molecular complexity index is 1380. The van der Waals surface area contributed by atoms with Gasteiger partial charge in [0.1, 0.15) is 17.1 Å². The van der Waals surface area contributed by atoms with Crippen molar-refractivity contribution < 1.29 is 23.8 Å². The average molecular weight is 554 g/mol. The van der Waals surface area contributed by atoms with Crippen LogP contribution in [0.2, 0.25) is 0 Å². The number of nitrogens with one attached hydrogen (secondary N) is 2. The zero-order valence-corrected chi connectivity index (χ0v) is 23.1. The van der Waals surface area contributed by atoms with Crippen LogP contribution in [-0.2, 0) is 4.74 Å². The first-order chi connectivity index (χ1) is 19.6. The maximum atomic E-state index is 13.3. The zero-order chi connectivity index (χ0) is 29.4. The van der Waals surface area contributed by atoms with Crippen molar-refractivity contribution in [1.29, 1.82) is 10.5 Å². The summed E-state index contributed by atoms with van der Waals surface area (Å²) in [7, 11) is 0. The fourth-order valence-corrected chi connectivity index (χ4v) is 4.28. The lowest BCUT2D eigenvalue weighted by Gasteiger charge is -2.30. The predicted molar refractivity (Wildman–Crippen MR) is 150 cm³/mol. The van der Waals surface area contributed by atoms with Gasteiger partial charge in [0.2, 0.25) is 11.8 Å². The highest BCUT2D eigenvalue weighted by Crippen LogP contribution is 2.28. The van der Waals surface area contributed by atoms with Gasteiger partial charge >= 0.3 is 6.09 Å². The zero-order valence-electron chi connectivity index (χ0n) is 23.1. The number of hydrogen-bond acceptors (Lipinski definition) is 8. The van der Waals surface area contributed by atoms with Crippen molar-refractivity contribution in [1.82, 2.24) is 15.6 Å². The van der Waals surface area contributed by atoms with Crippen LogP contribution < -0.4 is 20.1 Å². The van der Waals surface area contributed by atoms with E-state index in [9.17, 15) is 9.59 Å². The van der Waals surface area contributed by atoms with Gasteiger partial charge in [0.05, 0.1) is 28.8 Å². The average Bonchev–Trinajstić information content (AvgIpc) is 2.94. The summed E-state index contributed by atoms with van der Waals surface area (Å²) in [6.07, 6.45) is 2.37. The van der Waals surface area contributed by atoms with Gasteiger partial charge in [-0.3, -0.25) is 4.79 Å². The number of aromatic nitrogens is 1. The first-order valence-corrected chi connectivity index (χ1v) is 13.3. The number of benzene rings is 2. The van der Waals surface area contributed by atoms with Crippen LogP contribution in [0.4, 0.5) is 4.79 Å². The Morgan fingerprint density at radius 2 is 1.22 bits per heavy atom. The second kappa shape index (κ2) is 12.8. The molecule has 0 aliphatic heterocycles. The number of hydrogen-bond donors (Lipinski definition) is 2. The molecule has 2 aromatic carbocycles. The molecule has 10 nitrogen and oxygen atoms in total. The molecule has 1 aliphatic rings. The smallest absolute Gasteiger partial charge is 0.407 e. The summed E-state index contributed by atoms with van der Waals surface area (Å²) < 4.78 is 17.1. The van der Waals surface area contributed by atoms with Crippen LogP contribution in [0, 0.1) is 22.7 Å². The standard InChI is InChI=1S/C31H31N5O5/c1-31(2,3)41-30(38)35-24-10-8-23(9-11-24)34-29(37)22-16-27(39-25-12-4-20(18-32)5-13-25)36-28(17-22)40-26-14-6-21(19-33)7-15-26/h4-7,12-17,23-24H,8-11H2,1-3H3,(H,34,37)(H,35,38). The molecular formula is C31H31N5O5. The molecule has 2 N–H and O–H groups in total. The van der Waals surface area contributed by atoms with Crippen LogP contribution in [-0.4, -0.2) is 34.7 Å². The molecule has 1 aromatic heterocycles. The molecule has 0 saturated heterocycles. The van der Waals surface area contributed by atoms with E-state index in [0.717, 1.165) is 0 Å². The third-order valence-corrected chi connectivity index (χ3v) is 6.24. The Kier molecular flexibility index (Phi) is 9.05. The number of nitriles is 2. The number of ether oxygens (including phenoxy) is 3. The third kappa shape index (κ3) is 8.70. The molecule has 1 saturated carbocycles. The van der Waals surface area contributed by atoms with Crippen molar-refractivity contribution in [3.8, 4) is 35.4 Å². The Hall–Kier alpha value is -5.09. The summed E-state index contributed by atoms with van der Waals surface area (Å²) in [4.78, 5) is 29.8. The number of carbonyl (C=O) groups is 2. The number of carbonyl (C=O) groups excluding carboxylic acids is 2. The van der Waals surface area contributed by atoms with E-state index in [0.29, 0.717) is 53.9 Å². The minimum absolute atomic E-state index is 0.0150. The molecule has 10 heteroatoms. The quantitative estimate of drug-likeness (QED) is 0.363. The molecule has 41 heavy (non-hydrogen) atoms. The molecule has 210 valence electrons. The van der Waals surface area contributed by atoms with Crippen LogP contribution in [0.3, 0.4) is 0 Å². The number of alkyl carbamates (subject to hydrolysis) is 1. The molecule has 1 aliphatic carbocycles.